The number of carbonyl (C=O) groups excluding carboxylic acids is 2. The number of fused-ring (bicyclic) bond motifs is 3. The number of hydrogen-bond donors (Lipinski definition) is 1. The molecule has 1 aromatic heterocycles. The predicted octanol–water partition coefficient (Wildman–Crippen LogP) is 4.01. The van der Waals surface area contributed by atoms with Crippen LogP contribution < -0.4 is 10.1 Å². The highest BCUT2D eigenvalue weighted by molar-refractivity contribution is 6.31. The molecule has 3 heterocycles. The molecular weight excluding hydrogens is 454 g/mol. The van der Waals surface area contributed by atoms with E-state index in [1.807, 2.05) is 54.0 Å². The van der Waals surface area contributed by atoms with Crippen molar-refractivity contribution in [2.45, 2.75) is 44.5 Å². The lowest BCUT2D eigenvalue weighted by Gasteiger charge is -2.44. The standard InChI is InChI=1S/C26H28ClN3O4/c1-26(25(32)28-14-20-7-5-11-34-20)16-29-22-13-19(33-2)10-9-17(22)12-23(29)24(31)30(26)15-18-6-3-4-8-21(18)27/h3-4,6,8-10,12-13,20H,5,7,11,14-16H2,1-2H3,(H,28,32). The van der Waals surface area contributed by atoms with Crippen LogP contribution in [0, 0.1) is 0 Å². The summed E-state index contributed by atoms with van der Waals surface area (Å²) < 4.78 is 13.0. The van der Waals surface area contributed by atoms with E-state index < -0.39 is 5.54 Å². The average Bonchev–Trinajstić information content (AvgIpc) is 3.49. The maximum Gasteiger partial charge on any atom is 0.271 e. The number of aromatic nitrogens is 1. The largest absolute Gasteiger partial charge is 0.497 e. The van der Waals surface area contributed by atoms with Crippen LogP contribution in [-0.2, 0) is 22.6 Å². The summed E-state index contributed by atoms with van der Waals surface area (Å²) in [6.45, 7) is 3.51. The van der Waals surface area contributed by atoms with Crippen molar-refractivity contribution in [1.29, 1.82) is 0 Å². The van der Waals surface area contributed by atoms with E-state index in [4.69, 9.17) is 21.1 Å². The number of ether oxygens (including phenoxy) is 2. The Hall–Kier alpha value is -3.03. The molecule has 2 amide bonds. The Morgan fingerprint density at radius 2 is 2.09 bits per heavy atom. The van der Waals surface area contributed by atoms with E-state index in [0.717, 1.165) is 35.9 Å². The average molecular weight is 482 g/mol. The molecule has 0 saturated carbocycles. The lowest BCUT2D eigenvalue weighted by molar-refractivity contribution is -0.133. The first-order chi connectivity index (χ1) is 16.4. The Labute approximate surface area is 203 Å². The molecule has 2 aliphatic rings. The van der Waals surface area contributed by atoms with Crippen LogP contribution in [0.3, 0.4) is 0 Å². The Balaban J connectivity index is 1.55. The first kappa shape index (κ1) is 22.7. The third-order valence-electron chi connectivity index (χ3n) is 6.93. The summed E-state index contributed by atoms with van der Waals surface area (Å²) in [6.07, 6.45) is 1.93. The maximum atomic E-state index is 13.9. The van der Waals surface area contributed by atoms with Gasteiger partial charge in [0.2, 0.25) is 5.91 Å². The van der Waals surface area contributed by atoms with Gasteiger partial charge in [-0.25, -0.2) is 0 Å². The van der Waals surface area contributed by atoms with Crippen LogP contribution in [0.5, 0.6) is 5.75 Å². The van der Waals surface area contributed by atoms with Crippen molar-refractivity contribution in [1.82, 2.24) is 14.8 Å². The molecule has 2 aromatic carbocycles. The van der Waals surface area contributed by atoms with E-state index >= 15 is 0 Å². The SMILES string of the molecule is COc1ccc2cc3n(c2c1)CC(C)(C(=O)NCC1CCCO1)N(Cc1ccccc1Cl)C3=O. The second-order valence-electron chi connectivity index (χ2n) is 9.14. The Morgan fingerprint density at radius 3 is 2.82 bits per heavy atom. The van der Waals surface area contributed by atoms with Gasteiger partial charge in [0, 0.05) is 36.2 Å². The van der Waals surface area contributed by atoms with E-state index in [0.29, 0.717) is 29.6 Å². The molecular formula is C26H28ClN3O4. The zero-order chi connectivity index (χ0) is 23.9. The van der Waals surface area contributed by atoms with E-state index in [2.05, 4.69) is 5.32 Å². The minimum Gasteiger partial charge on any atom is -0.497 e. The highest BCUT2D eigenvalue weighted by atomic mass is 35.5. The Bertz CT molecular complexity index is 1250. The molecule has 2 aliphatic heterocycles. The molecule has 7 nitrogen and oxygen atoms in total. The van der Waals surface area contributed by atoms with Gasteiger partial charge < -0.3 is 24.3 Å². The number of amides is 2. The number of halogens is 1. The smallest absolute Gasteiger partial charge is 0.271 e. The van der Waals surface area contributed by atoms with Gasteiger partial charge in [0.25, 0.3) is 5.91 Å². The lowest BCUT2D eigenvalue weighted by Crippen LogP contribution is -2.64. The van der Waals surface area contributed by atoms with Gasteiger partial charge in [-0.15, -0.1) is 0 Å². The van der Waals surface area contributed by atoms with E-state index in [-0.39, 0.29) is 24.5 Å². The predicted molar refractivity (Wildman–Crippen MR) is 130 cm³/mol. The monoisotopic (exact) mass is 481 g/mol. The quantitative estimate of drug-likeness (QED) is 0.577. The fourth-order valence-corrected chi connectivity index (χ4v) is 5.10. The molecule has 0 spiro atoms. The summed E-state index contributed by atoms with van der Waals surface area (Å²) >= 11 is 6.43. The highest BCUT2D eigenvalue weighted by Gasteiger charge is 2.48. The Kier molecular flexibility index (Phi) is 6.00. The summed E-state index contributed by atoms with van der Waals surface area (Å²) in [5.41, 5.74) is 1.07. The van der Waals surface area contributed by atoms with Gasteiger partial charge >= 0.3 is 0 Å². The molecule has 0 aliphatic carbocycles. The second kappa shape index (κ2) is 8.96. The van der Waals surface area contributed by atoms with Crippen molar-refractivity contribution in [2.24, 2.45) is 0 Å². The summed E-state index contributed by atoms with van der Waals surface area (Å²) in [6, 6.07) is 15.0. The van der Waals surface area contributed by atoms with Crippen molar-refractivity contribution in [3.63, 3.8) is 0 Å². The van der Waals surface area contributed by atoms with Gasteiger partial charge in [0.05, 0.1) is 25.3 Å². The van der Waals surface area contributed by atoms with Crippen LogP contribution in [0.1, 0.15) is 35.8 Å². The molecule has 5 rings (SSSR count). The maximum absolute atomic E-state index is 13.9. The van der Waals surface area contributed by atoms with Crippen LogP contribution in [0.4, 0.5) is 0 Å². The minimum atomic E-state index is -1.13. The first-order valence-electron chi connectivity index (χ1n) is 11.5. The number of nitrogens with one attached hydrogen (secondary N) is 1. The fraction of sp³-hybridized carbons (Fsp3) is 0.385. The zero-order valence-electron chi connectivity index (χ0n) is 19.3. The van der Waals surface area contributed by atoms with Gasteiger partial charge in [-0.2, -0.15) is 0 Å². The second-order valence-corrected chi connectivity index (χ2v) is 9.55. The number of rotatable bonds is 6. The summed E-state index contributed by atoms with van der Waals surface area (Å²) in [5.74, 6) is 0.277. The molecule has 8 heteroatoms. The molecule has 1 N–H and O–H groups in total. The fourth-order valence-electron chi connectivity index (χ4n) is 4.90. The normalized spacial score (nSPS) is 22.1. The van der Waals surface area contributed by atoms with Crippen LogP contribution in [0.25, 0.3) is 10.9 Å². The third-order valence-corrected chi connectivity index (χ3v) is 7.30. The molecule has 1 fully saturated rings. The zero-order valence-corrected chi connectivity index (χ0v) is 20.1. The molecule has 178 valence electrons. The summed E-state index contributed by atoms with van der Waals surface area (Å²) in [4.78, 5) is 29.2. The van der Waals surface area contributed by atoms with Crippen molar-refractivity contribution < 1.29 is 19.1 Å². The van der Waals surface area contributed by atoms with Crippen molar-refractivity contribution >= 4 is 34.3 Å². The van der Waals surface area contributed by atoms with Gasteiger partial charge in [0.15, 0.2) is 0 Å². The van der Waals surface area contributed by atoms with Crippen LogP contribution >= 0.6 is 11.6 Å². The van der Waals surface area contributed by atoms with Crippen LogP contribution in [0.2, 0.25) is 5.02 Å². The number of nitrogens with zero attached hydrogens (tertiary/aromatic N) is 2. The Morgan fingerprint density at radius 1 is 1.26 bits per heavy atom. The van der Waals surface area contributed by atoms with E-state index in [9.17, 15) is 9.59 Å². The van der Waals surface area contributed by atoms with Crippen molar-refractivity contribution in [2.75, 3.05) is 20.3 Å². The summed E-state index contributed by atoms with van der Waals surface area (Å²) in [7, 11) is 1.61. The number of hydrogen-bond acceptors (Lipinski definition) is 4. The third kappa shape index (κ3) is 3.93. The molecule has 3 aromatic rings. The molecule has 2 atom stereocenters. The topological polar surface area (TPSA) is 72.8 Å². The summed E-state index contributed by atoms with van der Waals surface area (Å²) in [5, 5.41) is 4.54. The highest BCUT2D eigenvalue weighted by Crippen LogP contribution is 2.35. The molecule has 1 saturated heterocycles. The van der Waals surface area contributed by atoms with Gasteiger partial charge in [-0.1, -0.05) is 29.8 Å². The van der Waals surface area contributed by atoms with Gasteiger partial charge in [-0.05, 0) is 49.6 Å². The van der Waals surface area contributed by atoms with Gasteiger partial charge in [-0.3, -0.25) is 9.59 Å². The minimum absolute atomic E-state index is 0.0103. The van der Waals surface area contributed by atoms with Crippen molar-refractivity contribution in [3.05, 3.63) is 64.8 Å². The van der Waals surface area contributed by atoms with Crippen LogP contribution in [0.15, 0.2) is 48.5 Å². The molecule has 0 radical (unpaired) electrons. The number of carbonyl (C=O) groups is 2. The number of benzene rings is 2. The molecule has 34 heavy (non-hydrogen) atoms. The molecule has 0 bridgehead atoms. The van der Waals surface area contributed by atoms with Crippen LogP contribution in [-0.4, -0.2) is 53.2 Å². The van der Waals surface area contributed by atoms with E-state index in [1.54, 1.807) is 18.1 Å². The first-order valence-corrected chi connectivity index (χ1v) is 11.9. The van der Waals surface area contributed by atoms with E-state index in [1.165, 1.54) is 0 Å². The lowest BCUT2D eigenvalue weighted by atomic mass is 9.93. The molecule has 2 unspecified atom stereocenters. The van der Waals surface area contributed by atoms with Gasteiger partial charge in [0.1, 0.15) is 17.0 Å². The van der Waals surface area contributed by atoms with Crippen molar-refractivity contribution in [3.8, 4) is 5.75 Å². The number of methoxy groups -OCH3 is 1.